The molecule has 0 aromatic heterocycles. The Hall–Kier alpha value is 1.71. The van der Waals surface area contributed by atoms with E-state index in [0.29, 0.717) is 0 Å². The first-order valence-electron chi connectivity index (χ1n) is 0.697. The van der Waals surface area contributed by atoms with Crippen molar-refractivity contribution in [3.05, 3.63) is 0 Å². The molecule has 0 spiro atoms. The van der Waals surface area contributed by atoms with Gasteiger partial charge in [0.2, 0.25) is 0 Å². The molecule has 0 bridgehead atoms. The van der Waals surface area contributed by atoms with Crippen LogP contribution in [0, 0.1) is 0 Å². The Labute approximate surface area is 76.7 Å². The second-order valence-electron chi connectivity index (χ2n) is 0.319. The van der Waals surface area contributed by atoms with Crippen LogP contribution in [0.3, 0.4) is 0 Å². The van der Waals surface area contributed by atoms with E-state index in [9.17, 15) is 0 Å². The smallest absolute Gasteiger partial charge is 0 e. The monoisotopic (exact) mass is 356 g/mol. The number of thiocarbonyl (C=S) groups is 1. The maximum absolute atomic E-state index is 4.66. The van der Waals surface area contributed by atoms with E-state index < -0.39 is 0 Å². The van der Waals surface area contributed by atoms with Crippen LogP contribution in [0.25, 0.3) is 0 Å². The van der Waals surface area contributed by atoms with Crippen LogP contribution in [0.1, 0.15) is 0 Å². The topological polar surface area (TPSA) is 26.0 Å². The molecule has 1 atom stereocenters. The molecule has 0 aliphatic rings. The summed E-state index contributed by atoms with van der Waals surface area (Å²) < 4.78 is 0.0833. The fourth-order valence-electron chi connectivity index (χ4n) is 0. The van der Waals surface area contributed by atoms with E-state index in [2.05, 4.69) is 30.6 Å². The van der Waals surface area contributed by atoms with Gasteiger partial charge < -0.3 is 40.5 Å². The van der Waals surface area contributed by atoms with E-state index in [-0.39, 0.29) is 46.5 Å². The first-order valence-corrected chi connectivity index (χ1v) is 1.51. The summed E-state index contributed by atoms with van der Waals surface area (Å²) >= 11 is 8.26. The standard InChI is InChI=1S/CH3NS2.Au.H3P.H2P/c2-1(3)4;;;/h(H3,2,3,4);;1H3;1H2/q;;;-1/p-1. The molecule has 0 saturated heterocycles. The van der Waals surface area contributed by atoms with Crippen molar-refractivity contribution in [1.82, 2.24) is 0 Å². The third kappa shape index (κ3) is 86.0. The quantitative estimate of drug-likeness (QED) is 0.290. The van der Waals surface area contributed by atoms with E-state index in [0.717, 1.165) is 0 Å². The third-order valence-electron chi connectivity index (χ3n) is 0. The molecule has 1 radical (unpaired) electrons. The second kappa shape index (κ2) is 15.6. The molecule has 51 valence electrons. The number of rotatable bonds is 0. The summed E-state index contributed by atoms with van der Waals surface area (Å²) in [6.45, 7) is 0. The largest absolute Gasteiger partial charge is 0.577 e. The van der Waals surface area contributed by atoms with Gasteiger partial charge in [0.15, 0.2) is 0 Å². The molecule has 0 aromatic carbocycles. The van der Waals surface area contributed by atoms with E-state index in [1.54, 1.807) is 0 Å². The number of nitrogens with two attached hydrogens (primary N) is 1. The molecule has 6 heteroatoms. The first kappa shape index (κ1) is 23.3. The van der Waals surface area contributed by atoms with Crippen LogP contribution in [0.4, 0.5) is 0 Å². The minimum atomic E-state index is 0. The summed E-state index contributed by atoms with van der Waals surface area (Å²) in [5.74, 6) is 0. The fourth-order valence-corrected chi connectivity index (χ4v) is 0. The Kier molecular flexibility index (Phi) is 52.2. The zero-order chi connectivity index (χ0) is 3.58. The van der Waals surface area contributed by atoms with Crippen molar-refractivity contribution < 1.29 is 22.4 Å². The Balaban J connectivity index is -0.0000000150. The summed E-state index contributed by atoms with van der Waals surface area (Å²) in [7, 11) is 0. The molecule has 1 nitrogen and oxygen atoms in total. The Morgan fingerprint density at radius 3 is 1.57 bits per heavy atom. The molecular weight excluding hydrogens is 349 g/mol. The van der Waals surface area contributed by atoms with E-state index >= 15 is 0 Å². The van der Waals surface area contributed by atoms with Crippen molar-refractivity contribution >= 4 is 49.0 Å². The molecule has 0 aromatic rings. The normalized spacial score (nSPS) is 3.43. The Bertz CT molecular complexity index is 38.7. The van der Waals surface area contributed by atoms with Crippen LogP contribution >= 0.6 is 32.0 Å². The van der Waals surface area contributed by atoms with Crippen molar-refractivity contribution in [3.8, 4) is 0 Å². The summed E-state index contributed by atoms with van der Waals surface area (Å²) in [6.07, 6.45) is 0. The SMILES string of the molecule is NC(=S)[S-].P.[Au].[PH2-]. The van der Waals surface area contributed by atoms with Gasteiger partial charge in [-0.05, 0) is 0 Å². The predicted molar refractivity (Wildman–Crippen MR) is 45.0 cm³/mol. The molecule has 0 aliphatic heterocycles. The van der Waals surface area contributed by atoms with Crippen LogP contribution in [0.5, 0.6) is 0 Å². The third-order valence-corrected chi connectivity index (χ3v) is 0. The molecule has 2 N–H and O–H groups in total. The van der Waals surface area contributed by atoms with Gasteiger partial charge in [-0.25, -0.2) is 0 Å². The van der Waals surface area contributed by atoms with Crippen LogP contribution in [-0.4, -0.2) is 4.32 Å². The van der Waals surface area contributed by atoms with Crippen LogP contribution in [-0.2, 0) is 35.0 Å². The first-order chi connectivity index (χ1) is 1.73. The van der Waals surface area contributed by atoms with Gasteiger partial charge in [-0.2, -0.15) is 9.90 Å². The average molecular weight is 356 g/mol. The van der Waals surface area contributed by atoms with Crippen molar-refractivity contribution in [2.45, 2.75) is 0 Å². The van der Waals surface area contributed by atoms with Crippen molar-refractivity contribution in [1.29, 1.82) is 0 Å². The van der Waals surface area contributed by atoms with Gasteiger partial charge in [-0.15, -0.1) is 0 Å². The minimum Gasteiger partial charge on any atom is -0.577 e. The zero-order valence-corrected chi connectivity index (χ0v) is 9.85. The molecule has 0 amide bonds. The molecule has 7 heavy (non-hydrogen) atoms. The van der Waals surface area contributed by atoms with Gasteiger partial charge in [0.05, 0.1) is 0 Å². The van der Waals surface area contributed by atoms with Crippen LogP contribution in [0.2, 0.25) is 0 Å². The van der Waals surface area contributed by atoms with E-state index in [4.69, 9.17) is 0 Å². The van der Waals surface area contributed by atoms with Gasteiger partial charge in [0.1, 0.15) is 0 Å². The van der Waals surface area contributed by atoms with Gasteiger partial charge in [-0.1, -0.05) is 4.32 Å². The van der Waals surface area contributed by atoms with Crippen molar-refractivity contribution in [2.75, 3.05) is 0 Å². The van der Waals surface area contributed by atoms with Gasteiger partial charge in [0.25, 0.3) is 0 Å². The van der Waals surface area contributed by atoms with Gasteiger partial charge >= 0.3 is 0 Å². The summed E-state index contributed by atoms with van der Waals surface area (Å²) in [4.78, 5) is 0. The number of hydrogen-bond donors (Lipinski definition) is 1. The Morgan fingerprint density at radius 1 is 1.57 bits per heavy atom. The molecule has 0 fully saturated rings. The van der Waals surface area contributed by atoms with E-state index in [1.807, 2.05) is 0 Å². The van der Waals surface area contributed by atoms with Crippen molar-refractivity contribution in [3.63, 3.8) is 0 Å². The van der Waals surface area contributed by atoms with Gasteiger partial charge in [-0.3, -0.25) is 0 Å². The zero-order valence-electron chi connectivity index (χ0n) is 3.48. The molecule has 0 aliphatic carbocycles. The minimum absolute atomic E-state index is 0. The maximum atomic E-state index is 4.66. The molecule has 0 saturated carbocycles. The second-order valence-corrected chi connectivity index (χ2v) is 1.46. The van der Waals surface area contributed by atoms with Crippen molar-refractivity contribution in [2.24, 2.45) is 5.73 Å². The van der Waals surface area contributed by atoms with Gasteiger partial charge in [0, 0.05) is 22.4 Å². The maximum Gasteiger partial charge on any atom is 0 e. The fraction of sp³-hybridized carbons (Fsp3) is 0. The molecule has 1 unspecified atom stereocenters. The molecule has 0 rings (SSSR count). The molecular formula is CH7AuNP2S2-2. The van der Waals surface area contributed by atoms with Crippen LogP contribution in [0.15, 0.2) is 0 Å². The molecule has 0 heterocycles. The number of hydrogen-bond acceptors (Lipinski definition) is 2. The summed E-state index contributed by atoms with van der Waals surface area (Å²) in [6, 6.07) is 0. The van der Waals surface area contributed by atoms with E-state index in [1.165, 1.54) is 0 Å². The Morgan fingerprint density at radius 2 is 1.57 bits per heavy atom. The predicted octanol–water partition coefficient (Wildman–Crippen LogP) is 0.158. The summed E-state index contributed by atoms with van der Waals surface area (Å²) in [5.41, 5.74) is 4.66. The average Bonchev–Trinajstić information content (AvgIpc) is 0.811. The van der Waals surface area contributed by atoms with Crippen LogP contribution < -0.4 is 5.73 Å². The summed E-state index contributed by atoms with van der Waals surface area (Å²) in [5, 5.41) is 0.